The molecular formula is C23H34FN6O9PS. The number of halogens is 1. The molecule has 2 aromatic rings. The van der Waals surface area contributed by atoms with E-state index < -0.39 is 55.2 Å². The second-order valence-electron chi connectivity index (χ2n) is 10.9. The first-order valence-corrected chi connectivity index (χ1v) is 15.2. The number of rotatable bonds is 10. The summed E-state index contributed by atoms with van der Waals surface area (Å²) < 4.78 is 57.7. The molecule has 0 aromatic carbocycles. The Labute approximate surface area is 239 Å². The topological polar surface area (TPSA) is 213 Å². The molecule has 2 aliphatic heterocycles. The minimum Gasteiger partial charge on any atom is -0.492 e. The van der Waals surface area contributed by atoms with E-state index in [1.165, 1.54) is 17.8 Å². The highest BCUT2D eigenvalue weighted by Gasteiger charge is 2.61. The van der Waals surface area contributed by atoms with Gasteiger partial charge in [-0.3, -0.25) is 27.7 Å². The molecule has 0 radical (unpaired) electrons. The second-order valence-corrected chi connectivity index (χ2v) is 13.6. The fourth-order valence-electron chi connectivity index (χ4n) is 4.16. The number of esters is 1. The van der Waals surface area contributed by atoms with Crippen molar-refractivity contribution in [2.75, 3.05) is 31.3 Å². The maximum Gasteiger partial charge on any atom is 0.475 e. The van der Waals surface area contributed by atoms with E-state index in [1.54, 1.807) is 27.7 Å². The van der Waals surface area contributed by atoms with E-state index in [2.05, 4.69) is 15.0 Å². The monoisotopic (exact) mass is 620 g/mol. The van der Waals surface area contributed by atoms with Crippen molar-refractivity contribution in [3.05, 3.63) is 6.33 Å². The van der Waals surface area contributed by atoms with Gasteiger partial charge >= 0.3 is 13.8 Å². The first-order valence-electron chi connectivity index (χ1n) is 12.8. The normalized spacial score (nSPS) is 29.0. The number of carbonyl (C=O) groups excluding carboxylic acids is 2. The molecule has 2 aliphatic rings. The zero-order chi connectivity index (χ0) is 30.3. The Morgan fingerprint density at radius 2 is 2.10 bits per heavy atom. The maximum atomic E-state index is 16.1. The molecule has 1 unspecified atom stereocenters. The number of ether oxygens (including phenoxy) is 2. The molecule has 41 heavy (non-hydrogen) atoms. The van der Waals surface area contributed by atoms with E-state index in [0.717, 1.165) is 11.8 Å². The zero-order valence-electron chi connectivity index (χ0n) is 23.2. The Balaban J connectivity index is 1.32. The van der Waals surface area contributed by atoms with Crippen molar-refractivity contribution in [2.45, 2.75) is 64.8 Å². The van der Waals surface area contributed by atoms with Gasteiger partial charge in [0.1, 0.15) is 24.9 Å². The number of imidazole rings is 1. The number of thioether (sulfide) groups is 1. The number of aromatic nitrogens is 4. The first-order chi connectivity index (χ1) is 19.1. The van der Waals surface area contributed by atoms with E-state index in [1.807, 2.05) is 0 Å². The number of fused-ring (bicyclic) bond motifs is 2. The lowest BCUT2D eigenvalue weighted by Gasteiger charge is -2.33. The van der Waals surface area contributed by atoms with E-state index in [4.69, 9.17) is 34.5 Å². The number of phosphoric acid groups is 1. The van der Waals surface area contributed by atoms with Gasteiger partial charge in [0, 0.05) is 5.75 Å². The summed E-state index contributed by atoms with van der Waals surface area (Å²) in [6.07, 6.45) is -2.43. The molecule has 4 heterocycles. The van der Waals surface area contributed by atoms with Crippen molar-refractivity contribution < 1.29 is 46.7 Å². The average Bonchev–Trinajstić information content (AvgIpc) is 3.42. The van der Waals surface area contributed by atoms with Crippen molar-refractivity contribution >= 4 is 47.8 Å². The fraction of sp³-hybridized carbons (Fsp3) is 0.696. The van der Waals surface area contributed by atoms with Gasteiger partial charge in [-0.25, -0.2) is 13.9 Å². The Kier molecular flexibility index (Phi) is 9.00. The van der Waals surface area contributed by atoms with E-state index in [9.17, 15) is 19.3 Å². The number of carbonyl (C=O) groups is 2. The number of nitrogens with zero attached hydrogens (tertiary/aromatic N) is 4. The number of hydrogen-bond donors (Lipinski definition) is 3. The van der Waals surface area contributed by atoms with Crippen LogP contribution in [0, 0.1) is 11.3 Å². The minimum absolute atomic E-state index is 0.00725. The summed E-state index contributed by atoms with van der Waals surface area (Å²) in [5, 5.41) is 9.70. The molecule has 2 aromatic heterocycles. The third kappa shape index (κ3) is 6.50. The largest absolute Gasteiger partial charge is 0.492 e. The van der Waals surface area contributed by atoms with Crippen LogP contribution in [0.2, 0.25) is 0 Å². The van der Waals surface area contributed by atoms with Crippen LogP contribution >= 0.6 is 19.6 Å². The van der Waals surface area contributed by atoms with E-state index in [0.29, 0.717) is 0 Å². The SMILES string of the molecule is CC(C)[C@H](N)C(=O)OCC(C)(C)C(=O)SCCOP1(=O)OC[C@H]2O[C@@H](n3cnc4c(O)nc(N)nc43)[C@](C)(F)[C@@H]2O1. The van der Waals surface area contributed by atoms with Gasteiger partial charge < -0.3 is 26.0 Å². The Hall–Kier alpha value is -2.40. The second kappa shape index (κ2) is 11.7. The highest BCUT2D eigenvalue weighted by molar-refractivity contribution is 8.13. The highest BCUT2D eigenvalue weighted by atomic mass is 32.2. The van der Waals surface area contributed by atoms with Crippen molar-refractivity contribution in [3.8, 4) is 5.88 Å². The van der Waals surface area contributed by atoms with Crippen LogP contribution in [0.4, 0.5) is 10.3 Å². The maximum absolute atomic E-state index is 16.1. The summed E-state index contributed by atoms with van der Waals surface area (Å²) in [4.78, 5) is 36.3. The molecule has 2 fully saturated rings. The summed E-state index contributed by atoms with van der Waals surface area (Å²) in [5.74, 6) is -1.35. The van der Waals surface area contributed by atoms with Gasteiger partial charge in [-0.1, -0.05) is 25.6 Å². The Morgan fingerprint density at radius 3 is 2.78 bits per heavy atom. The van der Waals surface area contributed by atoms with E-state index >= 15 is 4.39 Å². The van der Waals surface area contributed by atoms with Crippen molar-refractivity contribution in [3.63, 3.8) is 0 Å². The predicted octanol–water partition coefficient (Wildman–Crippen LogP) is 2.09. The van der Waals surface area contributed by atoms with Gasteiger partial charge in [-0.2, -0.15) is 9.97 Å². The van der Waals surface area contributed by atoms with Crippen molar-refractivity contribution in [1.29, 1.82) is 0 Å². The number of phosphoric ester groups is 1. The number of nitrogen functional groups attached to an aromatic ring is 1. The molecule has 0 aliphatic carbocycles. The van der Waals surface area contributed by atoms with Gasteiger partial charge in [0.25, 0.3) is 0 Å². The highest BCUT2D eigenvalue weighted by Crippen LogP contribution is 2.59. The first kappa shape index (κ1) is 31.5. The third-order valence-corrected chi connectivity index (χ3v) is 9.31. The lowest BCUT2D eigenvalue weighted by molar-refractivity contribution is -0.150. The molecule has 0 bridgehead atoms. The summed E-state index contributed by atoms with van der Waals surface area (Å²) in [6, 6.07) is -0.790. The van der Waals surface area contributed by atoms with Gasteiger partial charge in [0.05, 0.1) is 25.0 Å². The number of alkyl halides is 1. The van der Waals surface area contributed by atoms with Gasteiger partial charge in [0.2, 0.25) is 11.8 Å². The summed E-state index contributed by atoms with van der Waals surface area (Å²) in [5.41, 5.74) is 8.14. The summed E-state index contributed by atoms with van der Waals surface area (Å²) in [6.45, 7) is 7.35. The quantitative estimate of drug-likeness (QED) is 0.197. The number of aromatic hydroxyl groups is 1. The zero-order valence-corrected chi connectivity index (χ0v) is 24.9. The minimum atomic E-state index is -4.22. The number of hydrogen-bond acceptors (Lipinski definition) is 15. The number of nitrogens with two attached hydrogens (primary N) is 2. The van der Waals surface area contributed by atoms with Crippen LogP contribution in [0.1, 0.15) is 40.8 Å². The van der Waals surface area contributed by atoms with Crippen LogP contribution in [0.25, 0.3) is 11.2 Å². The van der Waals surface area contributed by atoms with Gasteiger partial charge in [-0.05, 0) is 26.7 Å². The summed E-state index contributed by atoms with van der Waals surface area (Å²) >= 11 is 0.888. The van der Waals surface area contributed by atoms with Crippen LogP contribution in [0.15, 0.2) is 6.33 Å². The van der Waals surface area contributed by atoms with Crippen LogP contribution < -0.4 is 11.5 Å². The molecule has 6 atom stereocenters. The molecule has 0 spiro atoms. The molecule has 4 rings (SSSR count). The van der Waals surface area contributed by atoms with Gasteiger partial charge in [-0.15, -0.1) is 0 Å². The molecule has 5 N–H and O–H groups in total. The molecule has 2 saturated heterocycles. The molecule has 18 heteroatoms. The lowest BCUT2D eigenvalue weighted by atomic mass is 9.97. The van der Waals surface area contributed by atoms with E-state index in [-0.39, 0.29) is 53.7 Å². The van der Waals surface area contributed by atoms with Gasteiger partial charge in [0.15, 0.2) is 28.2 Å². The average molecular weight is 621 g/mol. The smallest absolute Gasteiger partial charge is 0.475 e. The summed E-state index contributed by atoms with van der Waals surface area (Å²) in [7, 11) is -4.22. The molecule has 0 amide bonds. The number of anilines is 1. The molecule has 228 valence electrons. The van der Waals surface area contributed by atoms with Crippen molar-refractivity contribution in [1.82, 2.24) is 19.5 Å². The molecular weight excluding hydrogens is 586 g/mol. The van der Waals surface area contributed by atoms with Crippen LogP contribution in [-0.2, 0) is 37.2 Å². The van der Waals surface area contributed by atoms with Crippen LogP contribution in [0.3, 0.4) is 0 Å². The Morgan fingerprint density at radius 1 is 1.39 bits per heavy atom. The predicted molar refractivity (Wildman–Crippen MR) is 144 cm³/mol. The lowest BCUT2D eigenvalue weighted by Crippen LogP contribution is -2.44. The fourth-order valence-corrected chi connectivity index (χ4v) is 6.54. The van der Waals surface area contributed by atoms with Crippen LogP contribution in [-0.4, -0.2) is 85.2 Å². The van der Waals surface area contributed by atoms with Crippen LogP contribution in [0.5, 0.6) is 5.88 Å². The molecule has 0 saturated carbocycles. The standard InChI is InChI=1S/C23H34FN6O9PS/c1-11(2)13(25)18(32)35-9-22(3,4)20(33)41-7-6-36-40(34)37-8-12-15(39-40)23(5,24)19(38-12)30-10-27-14-16(30)28-21(26)29-17(14)31/h10-13,15,19H,6-9,25H2,1-5H3,(H3,26,28,29,31)/t12-,13+,15-,19-,23-,40?/m1/s1. The van der Waals surface area contributed by atoms with Crippen molar-refractivity contribution in [2.24, 2.45) is 17.1 Å². The molecule has 15 nitrogen and oxygen atoms in total. The Bertz CT molecular complexity index is 1360. The third-order valence-electron chi connectivity index (χ3n) is 6.68.